The molecule has 0 aromatic heterocycles. The predicted molar refractivity (Wildman–Crippen MR) is 70.6 cm³/mol. The third kappa shape index (κ3) is 3.76. The molecule has 0 atom stereocenters. The molecule has 19 heavy (non-hydrogen) atoms. The van der Waals surface area contributed by atoms with Gasteiger partial charge in [-0.2, -0.15) is 5.10 Å². The van der Waals surface area contributed by atoms with Crippen LogP contribution in [0.4, 0.5) is 0 Å². The van der Waals surface area contributed by atoms with E-state index in [1.54, 1.807) is 4.90 Å². The zero-order valence-corrected chi connectivity index (χ0v) is 11.5. The molecule has 2 rings (SSSR count). The van der Waals surface area contributed by atoms with E-state index in [2.05, 4.69) is 10.5 Å². The average molecular weight is 267 g/mol. The van der Waals surface area contributed by atoms with E-state index in [0.717, 1.165) is 12.8 Å². The van der Waals surface area contributed by atoms with E-state index in [1.807, 2.05) is 13.8 Å². The van der Waals surface area contributed by atoms with Crippen LogP contribution in [-0.2, 0) is 14.3 Å². The Morgan fingerprint density at radius 2 is 2.05 bits per heavy atom. The first-order chi connectivity index (χ1) is 9.06. The summed E-state index contributed by atoms with van der Waals surface area (Å²) in [6.07, 6.45) is 2.99. The van der Waals surface area contributed by atoms with Crippen LogP contribution in [0.3, 0.4) is 0 Å². The summed E-state index contributed by atoms with van der Waals surface area (Å²) < 4.78 is 5.75. The van der Waals surface area contributed by atoms with Gasteiger partial charge in [0.05, 0.1) is 12.2 Å². The fourth-order valence-corrected chi connectivity index (χ4v) is 2.39. The standard InChI is InChI=1S/C13H21N3O3/c1-9(2)19-10-5-7-16(8-6-10)13(18)11-3-4-12(17)15-14-11/h9-10H,3-8H2,1-2H3,(H,15,17). The molecule has 0 unspecified atom stereocenters. The van der Waals surface area contributed by atoms with Crippen molar-refractivity contribution in [3.63, 3.8) is 0 Å². The Balaban J connectivity index is 1.84. The second-order valence-electron chi connectivity index (χ2n) is 5.27. The largest absolute Gasteiger partial charge is 0.375 e. The van der Waals surface area contributed by atoms with Gasteiger partial charge < -0.3 is 9.64 Å². The molecule has 0 bridgehead atoms. The molecule has 0 spiro atoms. The highest BCUT2D eigenvalue weighted by molar-refractivity contribution is 6.39. The first kappa shape index (κ1) is 14.0. The van der Waals surface area contributed by atoms with E-state index in [-0.39, 0.29) is 24.0 Å². The van der Waals surface area contributed by atoms with E-state index in [1.165, 1.54) is 0 Å². The molecule has 0 aliphatic carbocycles. The maximum absolute atomic E-state index is 12.2. The summed E-state index contributed by atoms with van der Waals surface area (Å²) in [5, 5.41) is 3.85. The van der Waals surface area contributed by atoms with Gasteiger partial charge in [0, 0.05) is 25.9 Å². The van der Waals surface area contributed by atoms with Crippen LogP contribution in [0, 0.1) is 0 Å². The van der Waals surface area contributed by atoms with Gasteiger partial charge in [0.2, 0.25) is 5.91 Å². The molecule has 0 aromatic rings. The summed E-state index contributed by atoms with van der Waals surface area (Å²) in [5.74, 6) is -0.177. The van der Waals surface area contributed by atoms with Crippen LogP contribution >= 0.6 is 0 Å². The number of piperidine rings is 1. The summed E-state index contributed by atoms with van der Waals surface area (Å²) in [4.78, 5) is 25.0. The zero-order valence-electron chi connectivity index (χ0n) is 11.5. The quantitative estimate of drug-likeness (QED) is 0.817. The summed E-state index contributed by atoms with van der Waals surface area (Å²) in [6, 6.07) is 0. The van der Waals surface area contributed by atoms with Crippen LogP contribution in [0.2, 0.25) is 0 Å². The Bertz CT molecular complexity index is 385. The molecule has 1 fully saturated rings. The van der Waals surface area contributed by atoms with E-state index < -0.39 is 0 Å². The number of ether oxygens (including phenoxy) is 1. The number of nitrogens with one attached hydrogen (secondary N) is 1. The number of nitrogens with zero attached hydrogens (tertiary/aromatic N) is 2. The van der Waals surface area contributed by atoms with Gasteiger partial charge in [0.25, 0.3) is 5.91 Å². The minimum Gasteiger partial charge on any atom is -0.375 e. The van der Waals surface area contributed by atoms with Crippen molar-refractivity contribution in [3.05, 3.63) is 0 Å². The van der Waals surface area contributed by atoms with Crippen molar-refractivity contribution in [2.24, 2.45) is 5.10 Å². The first-order valence-electron chi connectivity index (χ1n) is 6.86. The van der Waals surface area contributed by atoms with Gasteiger partial charge in [0.15, 0.2) is 0 Å². The van der Waals surface area contributed by atoms with Crippen LogP contribution in [0.1, 0.15) is 39.5 Å². The minimum atomic E-state index is -0.124. The molecule has 0 saturated carbocycles. The lowest BCUT2D eigenvalue weighted by Crippen LogP contribution is -2.45. The van der Waals surface area contributed by atoms with Crippen LogP contribution < -0.4 is 5.43 Å². The van der Waals surface area contributed by atoms with Gasteiger partial charge in [-0.15, -0.1) is 0 Å². The Hall–Kier alpha value is -1.43. The molecular weight excluding hydrogens is 246 g/mol. The fourth-order valence-electron chi connectivity index (χ4n) is 2.39. The van der Waals surface area contributed by atoms with Crippen molar-refractivity contribution in [1.29, 1.82) is 0 Å². The summed E-state index contributed by atoms with van der Waals surface area (Å²) in [6.45, 7) is 5.44. The SMILES string of the molecule is CC(C)OC1CCN(C(=O)C2=NNC(=O)CC2)CC1. The number of hydrazone groups is 1. The molecule has 2 aliphatic heterocycles. The Kier molecular flexibility index (Phi) is 4.52. The molecule has 0 aromatic carbocycles. The van der Waals surface area contributed by atoms with E-state index in [0.29, 0.717) is 31.6 Å². The van der Waals surface area contributed by atoms with Gasteiger partial charge in [0.1, 0.15) is 5.71 Å². The Morgan fingerprint density at radius 1 is 1.37 bits per heavy atom. The number of hydrogen-bond acceptors (Lipinski definition) is 4. The first-order valence-corrected chi connectivity index (χ1v) is 6.86. The maximum Gasteiger partial charge on any atom is 0.270 e. The van der Waals surface area contributed by atoms with Crippen molar-refractivity contribution in [3.8, 4) is 0 Å². The molecule has 2 aliphatic rings. The highest BCUT2D eigenvalue weighted by Gasteiger charge is 2.28. The Labute approximate surface area is 113 Å². The molecule has 1 N–H and O–H groups in total. The third-order valence-corrected chi connectivity index (χ3v) is 3.35. The molecular formula is C13H21N3O3. The number of carbonyl (C=O) groups excluding carboxylic acids is 2. The van der Waals surface area contributed by atoms with Crippen molar-refractivity contribution in [1.82, 2.24) is 10.3 Å². The summed E-state index contributed by atoms with van der Waals surface area (Å²) in [7, 11) is 0. The van der Waals surface area contributed by atoms with Crippen LogP contribution in [0.5, 0.6) is 0 Å². The lowest BCUT2D eigenvalue weighted by atomic mass is 10.1. The summed E-state index contributed by atoms with van der Waals surface area (Å²) >= 11 is 0. The smallest absolute Gasteiger partial charge is 0.270 e. The molecule has 6 nitrogen and oxygen atoms in total. The zero-order chi connectivity index (χ0) is 13.8. The number of likely N-dealkylation sites (tertiary alicyclic amines) is 1. The summed E-state index contributed by atoms with van der Waals surface area (Å²) in [5.41, 5.74) is 2.82. The molecule has 6 heteroatoms. The van der Waals surface area contributed by atoms with Crippen LogP contribution in [0.25, 0.3) is 0 Å². The van der Waals surface area contributed by atoms with Crippen LogP contribution in [0.15, 0.2) is 5.10 Å². The number of rotatable bonds is 3. The molecule has 2 heterocycles. The van der Waals surface area contributed by atoms with Gasteiger partial charge in [-0.25, -0.2) is 5.43 Å². The number of carbonyl (C=O) groups is 2. The van der Waals surface area contributed by atoms with E-state index in [9.17, 15) is 9.59 Å². The minimum absolute atomic E-state index is 0.0528. The maximum atomic E-state index is 12.2. The second kappa shape index (κ2) is 6.14. The fraction of sp³-hybridized carbons (Fsp3) is 0.769. The topological polar surface area (TPSA) is 71.0 Å². The van der Waals surface area contributed by atoms with Gasteiger partial charge in [-0.1, -0.05) is 0 Å². The van der Waals surface area contributed by atoms with E-state index in [4.69, 9.17) is 4.74 Å². The third-order valence-electron chi connectivity index (χ3n) is 3.35. The molecule has 0 radical (unpaired) electrons. The van der Waals surface area contributed by atoms with E-state index >= 15 is 0 Å². The molecule has 1 saturated heterocycles. The molecule has 2 amide bonds. The number of amides is 2. The average Bonchev–Trinajstić information content (AvgIpc) is 2.39. The van der Waals surface area contributed by atoms with Gasteiger partial charge in [-0.3, -0.25) is 9.59 Å². The second-order valence-corrected chi connectivity index (χ2v) is 5.27. The van der Waals surface area contributed by atoms with Crippen LogP contribution in [-0.4, -0.2) is 47.7 Å². The predicted octanol–water partition coefficient (Wildman–Crippen LogP) is 0.668. The van der Waals surface area contributed by atoms with Crippen molar-refractivity contribution in [2.45, 2.75) is 51.7 Å². The molecule has 106 valence electrons. The number of hydrogen-bond donors (Lipinski definition) is 1. The Morgan fingerprint density at radius 3 is 2.58 bits per heavy atom. The monoisotopic (exact) mass is 267 g/mol. The van der Waals surface area contributed by atoms with Crippen molar-refractivity contribution < 1.29 is 14.3 Å². The lowest BCUT2D eigenvalue weighted by Gasteiger charge is -2.33. The highest BCUT2D eigenvalue weighted by atomic mass is 16.5. The lowest BCUT2D eigenvalue weighted by molar-refractivity contribution is -0.127. The van der Waals surface area contributed by atoms with Crippen molar-refractivity contribution >= 4 is 17.5 Å². The van der Waals surface area contributed by atoms with Crippen molar-refractivity contribution in [2.75, 3.05) is 13.1 Å². The highest BCUT2D eigenvalue weighted by Crippen LogP contribution is 2.16. The van der Waals surface area contributed by atoms with Gasteiger partial charge >= 0.3 is 0 Å². The van der Waals surface area contributed by atoms with Gasteiger partial charge in [-0.05, 0) is 26.7 Å². The normalized spacial score (nSPS) is 21.3.